The first kappa shape index (κ1) is 20.1. The van der Waals surface area contributed by atoms with Crippen molar-refractivity contribution in [3.63, 3.8) is 0 Å². The van der Waals surface area contributed by atoms with Crippen LogP contribution in [-0.4, -0.2) is 70.2 Å². The number of aliphatic hydroxyl groups is 1. The lowest BCUT2D eigenvalue weighted by Crippen LogP contribution is -2.59. The van der Waals surface area contributed by atoms with Crippen LogP contribution in [0, 0.1) is 0 Å². The summed E-state index contributed by atoms with van der Waals surface area (Å²) in [5.74, 6) is 0. The van der Waals surface area contributed by atoms with E-state index in [9.17, 15) is 0 Å². The number of aliphatic hydroxyl groups excluding tert-OH is 1. The van der Waals surface area contributed by atoms with E-state index in [1.807, 2.05) is 0 Å². The molecule has 1 saturated heterocycles. The Morgan fingerprint density at radius 3 is 2.32 bits per heavy atom. The molecule has 1 aliphatic heterocycles. The van der Waals surface area contributed by atoms with Crippen molar-refractivity contribution >= 4 is 8.32 Å². The van der Waals surface area contributed by atoms with Crippen LogP contribution in [0.3, 0.4) is 0 Å². The van der Waals surface area contributed by atoms with Gasteiger partial charge in [-0.1, -0.05) is 20.8 Å². The van der Waals surface area contributed by atoms with Crippen LogP contribution < -0.4 is 0 Å². The molecular weight excluding hydrogens is 298 g/mol. The monoisotopic (exact) mass is 333 g/mol. The molecule has 1 rings (SSSR count). The smallest absolute Gasteiger partial charge is 0.192 e. The van der Waals surface area contributed by atoms with Crippen LogP contribution in [0.5, 0.6) is 0 Å². The van der Waals surface area contributed by atoms with Gasteiger partial charge in [-0.2, -0.15) is 0 Å². The molecule has 132 valence electrons. The van der Waals surface area contributed by atoms with Crippen LogP contribution in [0.4, 0.5) is 0 Å². The van der Waals surface area contributed by atoms with Gasteiger partial charge >= 0.3 is 0 Å². The summed E-state index contributed by atoms with van der Waals surface area (Å²) in [4.78, 5) is 2.20. The minimum atomic E-state index is -1.86. The average Bonchev–Trinajstić information content (AvgIpc) is 2.37. The van der Waals surface area contributed by atoms with Crippen LogP contribution in [0.2, 0.25) is 18.1 Å². The molecule has 6 heteroatoms. The average molecular weight is 334 g/mol. The van der Waals surface area contributed by atoms with E-state index in [0.717, 1.165) is 6.42 Å². The molecule has 0 aromatic carbocycles. The van der Waals surface area contributed by atoms with Gasteiger partial charge in [-0.3, -0.25) is 0 Å². The fraction of sp³-hybridized carbons (Fsp3) is 1.00. The van der Waals surface area contributed by atoms with Crippen molar-refractivity contribution in [3.05, 3.63) is 0 Å². The second-order valence-electron chi connectivity index (χ2n) is 7.97. The summed E-state index contributed by atoms with van der Waals surface area (Å²) in [6.07, 6.45) is 0.508. The molecule has 0 bridgehead atoms. The summed E-state index contributed by atoms with van der Waals surface area (Å²) in [6, 6.07) is 0.251. The van der Waals surface area contributed by atoms with E-state index < -0.39 is 8.32 Å². The lowest BCUT2D eigenvalue weighted by molar-refractivity contribution is -0.233. The maximum Gasteiger partial charge on any atom is 0.192 e. The summed E-state index contributed by atoms with van der Waals surface area (Å²) in [5, 5.41) is 9.10. The fourth-order valence-corrected chi connectivity index (χ4v) is 3.89. The third-order valence-corrected chi connectivity index (χ3v) is 9.41. The maximum atomic E-state index is 8.92. The molecule has 0 aromatic rings. The van der Waals surface area contributed by atoms with Gasteiger partial charge in [0, 0.05) is 12.5 Å². The Kier molecular flexibility index (Phi) is 7.04. The van der Waals surface area contributed by atoms with Crippen LogP contribution in [0.15, 0.2) is 0 Å². The first-order valence-corrected chi connectivity index (χ1v) is 11.1. The zero-order valence-corrected chi connectivity index (χ0v) is 16.5. The highest BCUT2D eigenvalue weighted by Crippen LogP contribution is 2.39. The van der Waals surface area contributed by atoms with E-state index >= 15 is 0 Å². The van der Waals surface area contributed by atoms with Gasteiger partial charge in [-0.25, -0.2) is 0 Å². The van der Waals surface area contributed by atoms with E-state index in [1.54, 1.807) is 0 Å². The number of hydrogen-bond donors (Lipinski definition) is 1. The summed E-state index contributed by atoms with van der Waals surface area (Å²) in [5.41, 5.74) is 0. The third-order valence-electron chi connectivity index (χ3n) is 4.94. The first-order valence-electron chi connectivity index (χ1n) is 8.21. The summed E-state index contributed by atoms with van der Waals surface area (Å²) < 4.78 is 18.2. The van der Waals surface area contributed by atoms with Gasteiger partial charge in [-0.15, -0.1) is 0 Å². The predicted molar refractivity (Wildman–Crippen MR) is 91.5 cm³/mol. The van der Waals surface area contributed by atoms with Crippen molar-refractivity contribution in [1.82, 2.24) is 4.90 Å². The Balaban J connectivity index is 2.84. The lowest BCUT2D eigenvalue weighted by Gasteiger charge is -2.48. The second-order valence-corrected chi connectivity index (χ2v) is 12.7. The highest BCUT2D eigenvalue weighted by Gasteiger charge is 2.45. The molecule has 22 heavy (non-hydrogen) atoms. The van der Waals surface area contributed by atoms with E-state index in [2.05, 4.69) is 59.8 Å². The molecule has 0 aromatic heterocycles. The molecule has 0 unspecified atom stereocenters. The van der Waals surface area contributed by atoms with Crippen molar-refractivity contribution in [1.29, 1.82) is 0 Å². The standard InChI is InChI=1S/C16H35NO4Si/c1-12-15(21-22(7,8)16(2,3)4)13(17(5)6)11-14(20-12)19-10-9-18/h12-15,18H,9-11H2,1-8H3/t12-,13-,14+,15-/m1/s1. The van der Waals surface area contributed by atoms with E-state index in [4.69, 9.17) is 19.0 Å². The molecule has 0 amide bonds. The lowest BCUT2D eigenvalue weighted by atomic mass is 9.99. The molecule has 4 atom stereocenters. The Morgan fingerprint density at radius 1 is 1.27 bits per heavy atom. The molecule has 1 fully saturated rings. The van der Waals surface area contributed by atoms with Crippen molar-refractivity contribution in [2.45, 2.75) is 76.8 Å². The van der Waals surface area contributed by atoms with Crippen molar-refractivity contribution < 1.29 is 19.0 Å². The van der Waals surface area contributed by atoms with Gasteiger partial charge in [0.15, 0.2) is 14.6 Å². The minimum Gasteiger partial charge on any atom is -0.410 e. The summed E-state index contributed by atoms with van der Waals surface area (Å²) in [6.45, 7) is 13.7. The zero-order valence-electron chi connectivity index (χ0n) is 15.5. The highest BCUT2D eigenvalue weighted by atomic mass is 28.4. The van der Waals surface area contributed by atoms with Crippen molar-refractivity contribution in [3.8, 4) is 0 Å². The van der Waals surface area contributed by atoms with Crippen LogP contribution >= 0.6 is 0 Å². The van der Waals surface area contributed by atoms with Gasteiger partial charge in [0.1, 0.15) is 0 Å². The number of rotatable bonds is 6. The Bertz CT molecular complexity index is 344. The molecule has 1 aliphatic rings. The molecule has 5 nitrogen and oxygen atoms in total. The molecular formula is C16H35NO4Si. The van der Waals surface area contributed by atoms with Gasteiger partial charge < -0.3 is 23.9 Å². The maximum absolute atomic E-state index is 8.92. The van der Waals surface area contributed by atoms with E-state index in [0.29, 0.717) is 6.61 Å². The topological polar surface area (TPSA) is 51.2 Å². The highest BCUT2D eigenvalue weighted by molar-refractivity contribution is 6.74. The van der Waals surface area contributed by atoms with Crippen molar-refractivity contribution in [2.24, 2.45) is 0 Å². The normalized spacial score (nSPS) is 30.8. The molecule has 0 saturated carbocycles. The summed E-state index contributed by atoms with van der Waals surface area (Å²) in [7, 11) is 2.30. The quantitative estimate of drug-likeness (QED) is 0.757. The Labute approximate surface area is 137 Å². The Morgan fingerprint density at radius 2 is 1.86 bits per heavy atom. The first-order chi connectivity index (χ1) is 9.99. The van der Waals surface area contributed by atoms with Crippen molar-refractivity contribution in [2.75, 3.05) is 27.3 Å². The zero-order chi connectivity index (χ0) is 17.1. The van der Waals surface area contributed by atoms with Gasteiger partial charge in [0.2, 0.25) is 0 Å². The number of likely N-dealkylation sites (N-methyl/N-ethyl adjacent to an activating group) is 1. The molecule has 1 N–H and O–H groups in total. The third kappa shape index (κ3) is 5.01. The van der Waals surface area contributed by atoms with Crippen LogP contribution in [-0.2, 0) is 13.9 Å². The number of ether oxygens (including phenoxy) is 2. The van der Waals surface area contributed by atoms with Gasteiger partial charge in [0.05, 0.1) is 25.4 Å². The minimum absolute atomic E-state index is 0.0186. The van der Waals surface area contributed by atoms with Gasteiger partial charge in [0.25, 0.3) is 0 Å². The molecule has 0 aliphatic carbocycles. The fourth-order valence-electron chi connectivity index (χ4n) is 2.50. The number of hydrogen-bond acceptors (Lipinski definition) is 5. The molecule has 0 radical (unpaired) electrons. The van der Waals surface area contributed by atoms with Crippen LogP contribution in [0.25, 0.3) is 0 Å². The summed E-state index contributed by atoms with van der Waals surface area (Å²) >= 11 is 0. The molecule has 1 heterocycles. The van der Waals surface area contributed by atoms with Crippen LogP contribution in [0.1, 0.15) is 34.1 Å². The van der Waals surface area contributed by atoms with E-state index in [1.165, 1.54) is 0 Å². The van der Waals surface area contributed by atoms with Gasteiger partial charge in [-0.05, 0) is 39.2 Å². The molecule has 0 spiro atoms. The predicted octanol–water partition coefficient (Wildman–Crippen LogP) is 2.45. The largest absolute Gasteiger partial charge is 0.410 e. The second kappa shape index (κ2) is 7.72. The Hall–Kier alpha value is 0.0169. The van der Waals surface area contributed by atoms with E-state index in [-0.39, 0.29) is 36.2 Å². The SMILES string of the molecule is C[C@H]1O[C@H](OCCO)C[C@@H](N(C)C)[C@@H]1O[Si](C)(C)C(C)(C)C. The number of nitrogens with zero attached hydrogens (tertiary/aromatic N) is 1.